The maximum absolute atomic E-state index is 9.30. The zero-order chi connectivity index (χ0) is 13.0. The van der Waals surface area contributed by atoms with Crippen LogP contribution in [-0.2, 0) is 0 Å². The van der Waals surface area contributed by atoms with E-state index < -0.39 is 0 Å². The van der Waals surface area contributed by atoms with E-state index in [-0.39, 0.29) is 0 Å². The number of rotatable bonds is 7. The number of likely N-dealkylation sites (N-methyl/N-ethyl adjacent to an activating group) is 1. The minimum Gasteiger partial charge on any atom is -0.508 e. The highest BCUT2D eigenvalue weighted by atomic mass is 16.3. The van der Waals surface area contributed by atoms with Gasteiger partial charge in [-0.15, -0.1) is 0 Å². The van der Waals surface area contributed by atoms with E-state index in [9.17, 15) is 5.11 Å². The van der Waals surface area contributed by atoms with Crippen molar-refractivity contribution in [2.24, 2.45) is 0 Å². The van der Waals surface area contributed by atoms with Crippen molar-refractivity contribution >= 4 is 0 Å². The van der Waals surface area contributed by atoms with E-state index in [1.165, 1.54) is 18.4 Å². The summed E-state index contributed by atoms with van der Waals surface area (Å²) >= 11 is 0. The lowest BCUT2D eigenvalue weighted by Crippen LogP contribution is -2.32. The van der Waals surface area contributed by atoms with Crippen molar-refractivity contribution < 1.29 is 5.11 Å². The summed E-state index contributed by atoms with van der Waals surface area (Å²) in [5, 5.41) is 12.9. The van der Waals surface area contributed by atoms with Gasteiger partial charge in [0.05, 0.1) is 0 Å². The largest absolute Gasteiger partial charge is 0.508 e. The average Bonchev–Trinajstić information content (AvgIpc) is 3.20. The van der Waals surface area contributed by atoms with Crippen molar-refractivity contribution in [3.63, 3.8) is 0 Å². The Hall–Kier alpha value is -1.06. The van der Waals surface area contributed by atoms with Crippen LogP contribution in [0.15, 0.2) is 24.3 Å². The Balaban J connectivity index is 1.79. The van der Waals surface area contributed by atoms with Crippen LogP contribution < -0.4 is 5.32 Å². The molecule has 2 N–H and O–H groups in total. The van der Waals surface area contributed by atoms with E-state index >= 15 is 0 Å². The molecule has 1 aromatic rings. The maximum Gasteiger partial charge on any atom is 0.115 e. The number of aromatic hydroxyl groups is 1. The van der Waals surface area contributed by atoms with Gasteiger partial charge in [-0.25, -0.2) is 0 Å². The molecule has 0 spiro atoms. The number of phenols is 1. The van der Waals surface area contributed by atoms with Crippen LogP contribution in [0.5, 0.6) is 5.75 Å². The van der Waals surface area contributed by atoms with Crippen molar-refractivity contribution in [3.05, 3.63) is 29.8 Å². The van der Waals surface area contributed by atoms with E-state index in [2.05, 4.69) is 24.2 Å². The van der Waals surface area contributed by atoms with E-state index in [0.717, 1.165) is 25.6 Å². The first-order valence-corrected chi connectivity index (χ1v) is 6.93. The zero-order valence-electron chi connectivity index (χ0n) is 11.4. The third-order valence-electron chi connectivity index (χ3n) is 3.73. The summed E-state index contributed by atoms with van der Waals surface area (Å²) in [6.07, 6.45) is 3.80. The van der Waals surface area contributed by atoms with E-state index in [1.807, 2.05) is 12.1 Å². The Kier molecular flexibility index (Phi) is 4.61. The Labute approximate surface area is 110 Å². The molecule has 0 heterocycles. The van der Waals surface area contributed by atoms with Crippen LogP contribution >= 0.6 is 0 Å². The molecule has 1 unspecified atom stereocenters. The van der Waals surface area contributed by atoms with Gasteiger partial charge >= 0.3 is 0 Å². The normalized spacial score (nSPS) is 17.1. The van der Waals surface area contributed by atoms with Gasteiger partial charge in [0.2, 0.25) is 0 Å². The molecule has 1 aliphatic rings. The van der Waals surface area contributed by atoms with Crippen LogP contribution in [0.1, 0.15) is 37.8 Å². The fraction of sp³-hybridized carbons (Fsp3) is 0.600. The molecule has 3 nitrogen and oxygen atoms in total. The first-order chi connectivity index (χ1) is 8.70. The summed E-state index contributed by atoms with van der Waals surface area (Å²) in [5.41, 5.74) is 1.25. The van der Waals surface area contributed by atoms with Crippen molar-refractivity contribution in [2.75, 3.05) is 20.1 Å². The van der Waals surface area contributed by atoms with Gasteiger partial charge in [-0.2, -0.15) is 0 Å². The number of hydrogen-bond donors (Lipinski definition) is 2. The highest BCUT2D eigenvalue weighted by Gasteiger charge is 2.25. The monoisotopic (exact) mass is 248 g/mol. The van der Waals surface area contributed by atoms with Crippen molar-refractivity contribution in [3.8, 4) is 5.75 Å². The number of benzene rings is 1. The standard InChI is InChI=1S/C15H24N2O/c1-3-15(12-4-8-14(18)9-5-12)16-10-11-17(2)13-6-7-13/h4-5,8-9,13,15-16,18H,3,6-7,10-11H2,1-2H3. The fourth-order valence-electron chi connectivity index (χ4n) is 2.32. The summed E-state index contributed by atoms with van der Waals surface area (Å²) < 4.78 is 0. The molecule has 0 saturated heterocycles. The third kappa shape index (κ3) is 3.72. The Morgan fingerprint density at radius 2 is 2.00 bits per heavy atom. The molecule has 0 bridgehead atoms. The highest BCUT2D eigenvalue weighted by molar-refractivity contribution is 5.27. The zero-order valence-corrected chi connectivity index (χ0v) is 11.4. The minimum absolute atomic E-state index is 0.335. The summed E-state index contributed by atoms with van der Waals surface area (Å²) in [5.74, 6) is 0.335. The van der Waals surface area contributed by atoms with E-state index in [4.69, 9.17) is 0 Å². The van der Waals surface area contributed by atoms with Crippen LogP contribution in [0.2, 0.25) is 0 Å². The maximum atomic E-state index is 9.30. The van der Waals surface area contributed by atoms with Gasteiger partial charge in [0.1, 0.15) is 5.75 Å². The lowest BCUT2D eigenvalue weighted by molar-refractivity contribution is 0.313. The highest BCUT2D eigenvalue weighted by Crippen LogP contribution is 2.25. The summed E-state index contributed by atoms with van der Waals surface area (Å²) in [7, 11) is 2.21. The van der Waals surface area contributed by atoms with Gasteiger partial charge in [0.15, 0.2) is 0 Å². The lowest BCUT2D eigenvalue weighted by Gasteiger charge is -2.21. The quantitative estimate of drug-likeness (QED) is 0.778. The van der Waals surface area contributed by atoms with Gasteiger partial charge in [-0.05, 0) is 44.0 Å². The molecule has 1 saturated carbocycles. The van der Waals surface area contributed by atoms with Crippen LogP contribution in [-0.4, -0.2) is 36.2 Å². The van der Waals surface area contributed by atoms with E-state index in [0.29, 0.717) is 11.8 Å². The van der Waals surface area contributed by atoms with E-state index in [1.54, 1.807) is 12.1 Å². The average molecular weight is 248 g/mol. The summed E-state index contributed by atoms with van der Waals surface area (Å²) in [4.78, 5) is 2.44. The molecule has 0 aliphatic heterocycles. The predicted molar refractivity (Wildman–Crippen MR) is 74.8 cm³/mol. The Bertz CT molecular complexity index is 359. The van der Waals surface area contributed by atoms with Gasteiger partial charge in [0.25, 0.3) is 0 Å². The summed E-state index contributed by atoms with van der Waals surface area (Å²) in [6, 6.07) is 8.74. The second kappa shape index (κ2) is 6.21. The van der Waals surface area contributed by atoms with Crippen molar-refractivity contribution in [2.45, 2.75) is 38.3 Å². The smallest absolute Gasteiger partial charge is 0.115 e. The molecule has 1 aliphatic carbocycles. The van der Waals surface area contributed by atoms with Crippen molar-refractivity contribution in [1.29, 1.82) is 0 Å². The molecule has 18 heavy (non-hydrogen) atoms. The molecule has 2 rings (SSSR count). The molecule has 100 valence electrons. The van der Waals surface area contributed by atoms with Gasteiger partial charge < -0.3 is 15.3 Å². The molecule has 1 aromatic carbocycles. The van der Waals surface area contributed by atoms with Crippen LogP contribution in [0.25, 0.3) is 0 Å². The van der Waals surface area contributed by atoms with Crippen LogP contribution in [0.3, 0.4) is 0 Å². The molecular weight excluding hydrogens is 224 g/mol. The Morgan fingerprint density at radius 3 is 2.56 bits per heavy atom. The van der Waals surface area contributed by atoms with Gasteiger partial charge in [-0.3, -0.25) is 0 Å². The number of hydrogen-bond acceptors (Lipinski definition) is 3. The number of phenolic OH excluding ortho intramolecular Hbond substituents is 1. The van der Waals surface area contributed by atoms with Crippen LogP contribution in [0, 0.1) is 0 Å². The molecule has 1 fully saturated rings. The third-order valence-corrected chi connectivity index (χ3v) is 3.73. The minimum atomic E-state index is 0.335. The topological polar surface area (TPSA) is 35.5 Å². The molecule has 0 aromatic heterocycles. The second-order valence-electron chi connectivity index (χ2n) is 5.22. The predicted octanol–water partition coefficient (Wildman–Crippen LogP) is 2.53. The second-order valence-corrected chi connectivity index (χ2v) is 5.22. The SMILES string of the molecule is CCC(NCCN(C)C1CC1)c1ccc(O)cc1. The molecular formula is C15H24N2O. The first kappa shape index (κ1) is 13.4. The van der Waals surface area contributed by atoms with Gasteiger partial charge in [-0.1, -0.05) is 19.1 Å². The van der Waals surface area contributed by atoms with Gasteiger partial charge in [0, 0.05) is 25.2 Å². The fourth-order valence-corrected chi connectivity index (χ4v) is 2.32. The molecule has 0 radical (unpaired) electrons. The first-order valence-electron chi connectivity index (χ1n) is 6.93. The lowest BCUT2D eigenvalue weighted by atomic mass is 10.0. The molecule has 3 heteroatoms. The Morgan fingerprint density at radius 1 is 1.33 bits per heavy atom. The van der Waals surface area contributed by atoms with Crippen molar-refractivity contribution in [1.82, 2.24) is 10.2 Å². The molecule has 1 atom stereocenters. The molecule has 0 amide bonds. The van der Waals surface area contributed by atoms with Crippen LogP contribution in [0.4, 0.5) is 0 Å². The number of nitrogens with zero attached hydrogens (tertiary/aromatic N) is 1. The number of nitrogens with one attached hydrogen (secondary N) is 1. The summed E-state index contributed by atoms with van der Waals surface area (Å²) in [6.45, 7) is 4.32.